The van der Waals surface area contributed by atoms with Crippen molar-refractivity contribution in [3.63, 3.8) is 0 Å². The molecular formula is C12H17BN2O. The van der Waals surface area contributed by atoms with E-state index in [4.69, 9.17) is 11.0 Å². The molecule has 1 unspecified atom stereocenters. The van der Waals surface area contributed by atoms with Gasteiger partial charge in [0.05, 0.1) is 5.69 Å². The van der Waals surface area contributed by atoms with E-state index in [-0.39, 0.29) is 5.75 Å². The summed E-state index contributed by atoms with van der Waals surface area (Å²) in [7, 11) is 0.578. The SMILES string of the molecule is CCCC(BC#N)Cc1ccc(O)c(N)c1. The Bertz CT molecular complexity index is 387. The molecule has 0 radical (unpaired) electrons. The highest BCUT2D eigenvalue weighted by atomic mass is 16.3. The molecule has 0 saturated carbocycles. The lowest BCUT2D eigenvalue weighted by molar-refractivity contribution is 0.477. The maximum Gasteiger partial charge on any atom is 0.253 e. The number of anilines is 1. The van der Waals surface area contributed by atoms with Gasteiger partial charge in [-0.1, -0.05) is 25.8 Å². The number of aromatic hydroxyl groups is 1. The van der Waals surface area contributed by atoms with Crippen molar-refractivity contribution < 1.29 is 5.11 Å². The van der Waals surface area contributed by atoms with Crippen molar-refractivity contribution in [1.29, 1.82) is 5.26 Å². The van der Waals surface area contributed by atoms with Gasteiger partial charge in [0.2, 0.25) is 0 Å². The highest BCUT2D eigenvalue weighted by molar-refractivity contribution is 6.46. The first kappa shape index (κ1) is 12.4. The van der Waals surface area contributed by atoms with Crippen LogP contribution < -0.4 is 5.73 Å². The topological polar surface area (TPSA) is 70.0 Å². The lowest BCUT2D eigenvalue weighted by Gasteiger charge is -2.12. The molecule has 0 aromatic heterocycles. The summed E-state index contributed by atoms with van der Waals surface area (Å²) >= 11 is 0. The Kier molecular flexibility index (Phi) is 4.72. The monoisotopic (exact) mass is 216 g/mol. The molecule has 1 aromatic rings. The fourth-order valence-electron chi connectivity index (χ4n) is 1.88. The van der Waals surface area contributed by atoms with E-state index >= 15 is 0 Å². The Labute approximate surface area is 97.1 Å². The van der Waals surface area contributed by atoms with Crippen LogP contribution in [0.15, 0.2) is 18.2 Å². The van der Waals surface area contributed by atoms with Crippen LogP contribution in [0, 0.1) is 11.2 Å². The number of hydrogen-bond donors (Lipinski definition) is 2. The van der Waals surface area contributed by atoms with Crippen molar-refractivity contribution >= 4 is 13.0 Å². The maximum atomic E-state index is 9.31. The normalized spacial score (nSPS) is 11.8. The number of nitrogens with zero attached hydrogens (tertiary/aromatic N) is 1. The van der Waals surface area contributed by atoms with E-state index in [0.29, 0.717) is 18.8 Å². The highest BCUT2D eigenvalue weighted by Gasteiger charge is 2.11. The first-order valence-electron chi connectivity index (χ1n) is 5.61. The van der Waals surface area contributed by atoms with E-state index in [0.717, 1.165) is 24.8 Å². The molecule has 84 valence electrons. The van der Waals surface area contributed by atoms with Gasteiger partial charge in [-0.25, -0.2) is 5.26 Å². The molecule has 0 heterocycles. The third-order valence-electron chi connectivity index (χ3n) is 2.69. The van der Waals surface area contributed by atoms with Gasteiger partial charge in [-0.2, -0.15) is 0 Å². The summed E-state index contributed by atoms with van der Waals surface area (Å²) in [6, 6.07) is 5.27. The van der Waals surface area contributed by atoms with Crippen molar-refractivity contribution in [2.45, 2.75) is 32.0 Å². The van der Waals surface area contributed by atoms with Crippen LogP contribution in [0.1, 0.15) is 25.3 Å². The van der Waals surface area contributed by atoms with Gasteiger partial charge < -0.3 is 10.8 Å². The maximum absolute atomic E-state index is 9.31. The number of phenols is 1. The fraction of sp³-hybridized carbons (Fsp3) is 0.417. The molecular weight excluding hydrogens is 199 g/mol. The average molecular weight is 216 g/mol. The zero-order valence-electron chi connectivity index (χ0n) is 9.61. The number of nitrogens with two attached hydrogens (primary N) is 1. The molecule has 4 heteroatoms. The molecule has 3 nitrogen and oxygen atoms in total. The van der Waals surface area contributed by atoms with E-state index in [1.807, 2.05) is 6.07 Å². The molecule has 1 rings (SSSR count). The standard InChI is InChI=1S/C12H17BN2O/c1-2-3-10(13-8-14)6-9-4-5-12(16)11(15)7-9/h4-5,7,10,13,16H,2-3,6,15H2,1H3. The fourth-order valence-corrected chi connectivity index (χ4v) is 1.88. The molecule has 3 N–H and O–H groups in total. The van der Waals surface area contributed by atoms with E-state index in [9.17, 15) is 5.11 Å². The quantitative estimate of drug-likeness (QED) is 0.449. The zero-order chi connectivity index (χ0) is 12.0. The molecule has 1 aromatic carbocycles. The van der Waals surface area contributed by atoms with Gasteiger partial charge in [0.15, 0.2) is 0 Å². The summed E-state index contributed by atoms with van der Waals surface area (Å²) < 4.78 is 0. The van der Waals surface area contributed by atoms with Gasteiger partial charge in [0.25, 0.3) is 7.28 Å². The van der Waals surface area contributed by atoms with Gasteiger partial charge in [-0.05, 0) is 35.9 Å². The highest BCUT2D eigenvalue weighted by Crippen LogP contribution is 2.24. The summed E-state index contributed by atoms with van der Waals surface area (Å²) in [5.41, 5.74) is 7.12. The van der Waals surface area contributed by atoms with Crippen molar-refractivity contribution in [2.24, 2.45) is 0 Å². The van der Waals surface area contributed by atoms with Gasteiger partial charge in [-0.3, -0.25) is 0 Å². The minimum atomic E-state index is 0.121. The Morgan fingerprint density at radius 1 is 1.56 bits per heavy atom. The third kappa shape index (κ3) is 3.50. The van der Waals surface area contributed by atoms with Crippen LogP contribution >= 0.6 is 0 Å². The number of hydrogen-bond acceptors (Lipinski definition) is 3. The number of nitriles is 1. The molecule has 0 aliphatic rings. The summed E-state index contributed by atoms with van der Waals surface area (Å²) in [4.78, 5) is 0. The smallest absolute Gasteiger partial charge is 0.253 e. The van der Waals surface area contributed by atoms with E-state index in [2.05, 4.69) is 12.9 Å². The predicted octanol–water partition coefficient (Wildman–Crippen LogP) is 2.02. The van der Waals surface area contributed by atoms with Crippen LogP contribution in [0.3, 0.4) is 0 Å². The van der Waals surface area contributed by atoms with E-state index in [1.54, 1.807) is 12.1 Å². The molecule has 0 amide bonds. The van der Waals surface area contributed by atoms with Crippen molar-refractivity contribution in [3.8, 4) is 11.7 Å². The minimum Gasteiger partial charge on any atom is -0.506 e. The first-order valence-corrected chi connectivity index (χ1v) is 5.61. The average Bonchev–Trinajstić information content (AvgIpc) is 2.24. The minimum absolute atomic E-state index is 0.121. The summed E-state index contributed by atoms with van der Waals surface area (Å²) in [6.07, 6.45) is 2.99. The molecule has 0 spiro atoms. The second kappa shape index (κ2) is 6.07. The van der Waals surface area contributed by atoms with Crippen LogP contribution in [0.5, 0.6) is 5.75 Å². The Morgan fingerprint density at radius 2 is 2.31 bits per heavy atom. The number of benzene rings is 1. The van der Waals surface area contributed by atoms with E-state index < -0.39 is 0 Å². The zero-order valence-corrected chi connectivity index (χ0v) is 9.61. The van der Waals surface area contributed by atoms with Gasteiger partial charge in [0.1, 0.15) is 5.75 Å². The predicted molar refractivity (Wildman–Crippen MR) is 67.6 cm³/mol. The summed E-state index contributed by atoms with van der Waals surface area (Å²) in [5.74, 6) is 2.73. The largest absolute Gasteiger partial charge is 0.506 e. The Hall–Kier alpha value is -1.63. The number of rotatable bonds is 5. The lowest BCUT2D eigenvalue weighted by Crippen LogP contribution is -2.05. The second-order valence-corrected chi connectivity index (χ2v) is 4.11. The van der Waals surface area contributed by atoms with Crippen molar-refractivity contribution in [1.82, 2.24) is 0 Å². The Morgan fingerprint density at radius 3 is 2.88 bits per heavy atom. The molecule has 0 saturated heterocycles. The van der Waals surface area contributed by atoms with Crippen LogP contribution in [0.25, 0.3) is 0 Å². The molecule has 0 aliphatic carbocycles. The van der Waals surface area contributed by atoms with Crippen LogP contribution in [-0.2, 0) is 6.42 Å². The van der Waals surface area contributed by atoms with Crippen LogP contribution in [-0.4, -0.2) is 12.4 Å². The van der Waals surface area contributed by atoms with Crippen LogP contribution in [0.4, 0.5) is 5.69 Å². The van der Waals surface area contributed by atoms with E-state index in [1.165, 1.54) is 0 Å². The van der Waals surface area contributed by atoms with Crippen molar-refractivity contribution in [3.05, 3.63) is 23.8 Å². The summed E-state index contributed by atoms with van der Waals surface area (Å²) in [5, 5.41) is 18.0. The molecule has 0 aliphatic heterocycles. The molecule has 0 fully saturated rings. The molecule has 1 atom stereocenters. The Balaban J connectivity index is 2.69. The second-order valence-electron chi connectivity index (χ2n) is 4.11. The van der Waals surface area contributed by atoms with Gasteiger partial charge >= 0.3 is 0 Å². The van der Waals surface area contributed by atoms with Crippen LogP contribution in [0.2, 0.25) is 5.82 Å². The van der Waals surface area contributed by atoms with Gasteiger partial charge in [0, 0.05) is 0 Å². The third-order valence-corrected chi connectivity index (χ3v) is 2.69. The van der Waals surface area contributed by atoms with Gasteiger partial charge in [-0.15, -0.1) is 0 Å². The molecule has 0 bridgehead atoms. The summed E-state index contributed by atoms with van der Waals surface area (Å²) in [6.45, 7) is 2.12. The van der Waals surface area contributed by atoms with Crippen molar-refractivity contribution in [2.75, 3.05) is 5.73 Å². The number of phenolic OH excluding ortho intramolecular Hbond substituents is 1. The molecule has 16 heavy (non-hydrogen) atoms. The number of nitrogen functional groups attached to an aromatic ring is 1. The lowest BCUT2D eigenvalue weighted by atomic mass is 9.62. The first-order chi connectivity index (χ1) is 7.67.